The van der Waals surface area contributed by atoms with Crippen LogP contribution in [0.4, 0.5) is 0 Å². The molecule has 122 valence electrons. The van der Waals surface area contributed by atoms with E-state index < -0.39 is 0 Å². The Bertz CT molecular complexity index is 699. The van der Waals surface area contributed by atoms with E-state index in [0.29, 0.717) is 0 Å². The molecule has 0 unspecified atom stereocenters. The predicted molar refractivity (Wildman–Crippen MR) is 101 cm³/mol. The van der Waals surface area contributed by atoms with Crippen molar-refractivity contribution in [3.63, 3.8) is 0 Å². The molecule has 3 nitrogen and oxygen atoms in total. The Labute approximate surface area is 153 Å². The van der Waals surface area contributed by atoms with Crippen LogP contribution in [0.25, 0.3) is 6.08 Å². The first kappa shape index (κ1) is 16.9. The summed E-state index contributed by atoms with van der Waals surface area (Å²) >= 11 is 6.99. The summed E-state index contributed by atoms with van der Waals surface area (Å²) in [5, 5.41) is 2.06. The lowest BCUT2D eigenvalue weighted by Gasteiger charge is -2.31. The van der Waals surface area contributed by atoms with E-state index in [4.69, 9.17) is 0 Å². The summed E-state index contributed by atoms with van der Waals surface area (Å²) in [5.74, 6) is 0.135. The van der Waals surface area contributed by atoms with Crippen LogP contribution in [0.2, 0.25) is 0 Å². The van der Waals surface area contributed by atoms with Crippen LogP contribution in [-0.2, 0) is 11.3 Å². The fourth-order valence-corrected chi connectivity index (χ4v) is 5.10. The van der Waals surface area contributed by atoms with Gasteiger partial charge in [0.05, 0.1) is 34.8 Å². The van der Waals surface area contributed by atoms with Gasteiger partial charge in [0.15, 0.2) is 0 Å². The number of carbonyl (C=O) groups is 1. The predicted octanol–water partition coefficient (Wildman–Crippen LogP) is 2.82. The first-order valence-electron chi connectivity index (χ1n) is 7.70. The van der Waals surface area contributed by atoms with Gasteiger partial charge in [-0.05, 0) is 58.1 Å². The quantitative estimate of drug-likeness (QED) is 0.768. The third-order valence-corrected chi connectivity index (χ3v) is 6.72. The van der Waals surface area contributed by atoms with Gasteiger partial charge >= 0.3 is 0 Å². The Balaban J connectivity index is 1.49. The maximum absolute atomic E-state index is 12.3. The maximum Gasteiger partial charge on any atom is 0.247 e. The van der Waals surface area contributed by atoms with Crippen LogP contribution >= 0.6 is 38.6 Å². The number of nitrogens with one attached hydrogen (secondary N) is 1. The van der Waals surface area contributed by atoms with Crippen molar-refractivity contribution in [2.45, 2.75) is 13.5 Å². The van der Waals surface area contributed by atoms with E-state index in [2.05, 4.69) is 46.4 Å². The lowest BCUT2D eigenvalue weighted by Crippen LogP contribution is -3.13. The van der Waals surface area contributed by atoms with E-state index in [-0.39, 0.29) is 5.91 Å². The molecule has 3 heterocycles. The van der Waals surface area contributed by atoms with Gasteiger partial charge in [-0.15, -0.1) is 22.7 Å². The number of halogens is 1. The molecular formula is C17H20BrN2OS2+. The molecule has 1 saturated heterocycles. The van der Waals surface area contributed by atoms with Crippen molar-refractivity contribution in [3.8, 4) is 0 Å². The summed E-state index contributed by atoms with van der Waals surface area (Å²) in [6.45, 7) is 6.86. The highest BCUT2D eigenvalue weighted by atomic mass is 79.9. The van der Waals surface area contributed by atoms with Crippen LogP contribution in [-0.4, -0.2) is 37.0 Å². The second-order valence-electron chi connectivity index (χ2n) is 5.76. The Kier molecular flexibility index (Phi) is 5.69. The summed E-state index contributed by atoms with van der Waals surface area (Å²) in [7, 11) is 0. The molecule has 23 heavy (non-hydrogen) atoms. The van der Waals surface area contributed by atoms with Crippen LogP contribution in [0.1, 0.15) is 15.3 Å². The summed E-state index contributed by atoms with van der Waals surface area (Å²) in [5.41, 5.74) is 1.23. The molecule has 1 N–H and O–H groups in total. The number of quaternary nitrogens is 1. The van der Waals surface area contributed by atoms with Gasteiger partial charge in [0.25, 0.3) is 0 Å². The first-order chi connectivity index (χ1) is 11.1. The van der Waals surface area contributed by atoms with Crippen LogP contribution < -0.4 is 4.90 Å². The van der Waals surface area contributed by atoms with Crippen LogP contribution in [0.15, 0.2) is 33.4 Å². The van der Waals surface area contributed by atoms with E-state index in [1.165, 1.54) is 19.1 Å². The first-order valence-corrected chi connectivity index (χ1v) is 10.2. The second-order valence-corrected chi connectivity index (χ2v) is 9.25. The van der Waals surface area contributed by atoms with Gasteiger partial charge in [0.1, 0.15) is 6.54 Å². The zero-order valence-corrected chi connectivity index (χ0v) is 16.3. The van der Waals surface area contributed by atoms with Gasteiger partial charge < -0.3 is 9.80 Å². The number of amides is 1. The highest BCUT2D eigenvalue weighted by Gasteiger charge is 2.22. The Morgan fingerprint density at radius 3 is 2.74 bits per heavy atom. The lowest BCUT2D eigenvalue weighted by molar-refractivity contribution is -0.917. The van der Waals surface area contributed by atoms with Gasteiger partial charge in [0.2, 0.25) is 5.91 Å². The maximum atomic E-state index is 12.3. The monoisotopic (exact) mass is 411 g/mol. The van der Waals surface area contributed by atoms with Crippen molar-refractivity contribution in [1.29, 1.82) is 0 Å². The number of hydrogen-bond acceptors (Lipinski definition) is 3. The molecule has 1 aliphatic heterocycles. The highest BCUT2D eigenvalue weighted by Crippen LogP contribution is 2.21. The van der Waals surface area contributed by atoms with Crippen molar-refractivity contribution in [2.24, 2.45) is 0 Å². The molecule has 3 rings (SSSR count). The molecule has 2 aromatic rings. The van der Waals surface area contributed by atoms with Crippen molar-refractivity contribution >= 4 is 50.6 Å². The van der Waals surface area contributed by atoms with Crippen LogP contribution in [0.3, 0.4) is 0 Å². The summed E-state index contributed by atoms with van der Waals surface area (Å²) in [6, 6.07) is 6.38. The Morgan fingerprint density at radius 2 is 2.13 bits per heavy atom. The van der Waals surface area contributed by atoms with Crippen molar-refractivity contribution in [1.82, 2.24) is 4.90 Å². The van der Waals surface area contributed by atoms with Crippen molar-refractivity contribution in [3.05, 3.63) is 48.8 Å². The summed E-state index contributed by atoms with van der Waals surface area (Å²) in [6.07, 6.45) is 3.67. The molecule has 0 saturated carbocycles. The van der Waals surface area contributed by atoms with E-state index in [0.717, 1.165) is 32.7 Å². The molecule has 0 radical (unpaired) electrons. The molecule has 1 aliphatic rings. The van der Waals surface area contributed by atoms with Gasteiger partial charge in [-0.2, -0.15) is 0 Å². The molecule has 0 aliphatic carbocycles. The lowest BCUT2D eigenvalue weighted by atomic mass is 10.2. The average molecular weight is 412 g/mol. The SMILES string of the molecule is Cc1ccsc1/C=C/C(=O)N1CC[NH+](Cc2ccc(Br)s2)CC1. The summed E-state index contributed by atoms with van der Waals surface area (Å²) < 4.78 is 1.19. The largest absolute Gasteiger partial charge is 0.328 e. The van der Waals surface area contributed by atoms with E-state index >= 15 is 0 Å². The molecule has 0 aromatic carbocycles. The standard InChI is InChI=1S/C17H19BrN2OS2/c1-13-6-11-22-15(13)3-5-17(21)20-9-7-19(8-10-20)12-14-2-4-16(18)23-14/h2-6,11H,7-10,12H2,1H3/p+1/b5-3+. The number of carbonyl (C=O) groups excluding carboxylic acids is 1. The Morgan fingerprint density at radius 1 is 1.35 bits per heavy atom. The number of nitrogens with zero attached hydrogens (tertiary/aromatic N) is 1. The number of thiophene rings is 2. The molecule has 1 fully saturated rings. The van der Waals surface area contributed by atoms with E-state index in [1.54, 1.807) is 33.6 Å². The summed E-state index contributed by atoms with van der Waals surface area (Å²) in [4.78, 5) is 18.4. The average Bonchev–Trinajstić information content (AvgIpc) is 3.14. The topological polar surface area (TPSA) is 24.8 Å². The minimum Gasteiger partial charge on any atom is -0.328 e. The zero-order valence-electron chi connectivity index (χ0n) is 13.0. The number of piperazine rings is 1. The molecule has 0 atom stereocenters. The van der Waals surface area contributed by atoms with Crippen LogP contribution in [0.5, 0.6) is 0 Å². The van der Waals surface area contributed by atoms with Gasteiger partial charge in [-0.3, -0.25) is 4.79 Å². The van der Waals surface area contributed by atoms with E-state index in [9.17, 15) is 4.79 Å². The third-order valence-electron chi connectivity index (χ3n) is 4.11. The smallest absolute Gasteiger partial charge is 0.247 e. The normalized spacial score (nSPS) is 16.3. The van der Waals surface area contributed by atoms with Crippen molar-refractivity contribution < 1.29 is 9.69 Å². The number of rotatable bonds is 4. The molecular weight excluding hydrogens is 392 g/mol. The molecule has 0 bridgehead atoms. The number of aryl methyl sites for hydroxylation is 1. The minimum absolute atomic E-state index is 0.135. The molecule has 2 aromatic heterocycles. The molecule has 6 heteroatoms. The zero-order chi connectivity index (χ0) is 16.2. The number of hydrogen-bond donors (Lipinski definition) is 1. The molecule has 1 amide bonds. The van der Waals surface area contributed by atoms with Crippen LogP contribution in [0, 0.1) is 6.92 Å². The fourth-order valence-electron chi connectivity index (χ4n) is 2.72. The van der Waals surface area contributed by atoms with Crippen molar-refractivity contribution in [2.75, 3.05) is 26.2 Å². The van der Waals surface area contributed by atoms with E-state index in [1.807, 2.05) is 11.0 Å². The van der Waals surface area contributed by atoms with Gasteiger partial charge in [-0.25, -0.2) is 0 Å². The Hall–Kier alpha value is -0.950. The third kappa shape index (κ3) is 4.53. The van der Waals surface area contributed by atoms with Gasteiger partial charge in [-0.1, -0.05) is 0 Å². The fraction of sp³-hybridized carbons (Fsp3) is 0.353. The highest BCUT2D eigenvalue weighted by molar-refractivity contribution is 9.11. The molecule has 0 spiro atoms. The minimum atomic E-state index is 0.135. The second kappa shape index (κ2) is 7.75. The van der Waals surface area contributed by atoms with Gasteiger partial charge in [0, 0.05) is 11.0 Å².